The second kappa shape index (κ2) is 5.53. The highest BCUT2D eigenvalue weighted by molar-refractivity contribution is 5.94. The van der Waals surface area contributed by atoms with Crippen LogP contribution in [0, 0.1) is 0 Å². The smallest absolute Gasteiger partial charge is 0.253 e. The van der Waals surface area contributed by atoms with Crippen molar-refractivity contribution in [1.82, 2.24) is 9.80 Å². The molecule has 0 saturated carbocycles. The lowest BCUT2D eigenvalue weighted by molar-refractivity contribution is 0.0664. The normalized spacial score (nSPS) is 17.2. The Balaban J connectivity index is 2.11. The molecular weight excluding hydrogens is 224 g/mol. The first kappa shape index (κ1) is 13.1. The quantitative estimate of drug-likeness (QED) is 0.798. The van der Waals surface area contributed by atoms with Gasteiger partial charge in [0.1, 0.15) is 0 Å². The molecule has 0 N–H and O–H groups in total. The Morgan fingerprint density at radius 2 is 1.83 bits per heavy atom. The molecule has 0 radical (unpaired) electrons. The zero-order chi connectivity index (χ0) is 13.1. The first-order valence-electron chi connectivity index (χ1n) is 6.65. The molecule has 1 aliphatic rings. The van der Waals surface area contributed by atoms with Crippen LogP contribution in [0.5, 0.6) is 0 Å². The molecule has 0 atom stereocenters. The number of nitrogens with zero attached hydrogens (tertiary/aromatic N) is 2. The molecule has 1 amide bonds. The molecule has 18 heavy (non-hydrogen) atoms. The summed E-state index contributed by atoms with van der Waals surface area (Å²) in [7, 11) is 2.10. The third kappa shape index (κ3) is 2.91. The first-order valence-corrected chi connectivity index (χ1v) is 6.65. The summed E-state index contributed by atoms with van der Waals surface area (Å²) in [6.07, 6.45) is 0. The Morgan fingerprint density at radius 3 is 2.44 bits per heavy atom. The van der Waals surface area contributed by atoms with E-state index in [9.17, 15) is 4.79 Å². The van der Waals surface area contributed by atoms with Crippen LogP contribution in [0.1, 0.15) is 35.7 Å². The van der Waals surface area contributed by atoms with Gasteiger partial charge in [-0.25, -0.2) is 0 Å². The van der Waals surface area contributed by atoms with E-state index in [2.05, 4.69) is 31.9 Å². The van der Waals surface area contributed by atoms with Gasteiger partial charge in [0.05, 0.1) is 0 Å². The highest BCUT2D eigenvalue weighted by atomic mass is 16.2. The largest absolute Gasteiger partial charge is 0.336 e. The van der Waals surface area contributed by atoms with Crippen molar-refractivity contribution >= 4 is 5.91 Å². The Kier molecular flexibility index (Phi) is 4.02. The van der Waals surface area contributed by atoms with Gasteiger partial charge in [-0.05, 0) is 30.7 Å². The van der Waals surface area contributed by atoms with Crippen molar-refractivity contribution in [3.05, 3.63) is 35.4 Å². The summed E-state index contributed by atoms with van der Waals surface area (Å²) in [6, 6.07) is 8.03. The van der Waals surface area contributed by atoms with E-state index in [4.69, 9.17) is 0 Å². The summed E-state index contributed by atoms with van der Waals surface area (Å²) in [5.41, 5.74) is 2.06. The molecule has 98 valence electrons. The van der Waals surface area contributed by atoms with E-state index in [1.54, 1.807) is 0 Å². The van der Waals surface area contributed by atoms with Crippen LogP contribution in [-0.2, 0) is 0 Å². The van der Waals surface area contributed by atoms with Gasteiger partial charge in [-0.2, -0.15) is 0 Å². The molecule has 1 aromatic rings. The van der Waals surface area contributed by atoms with E-state index in [1.165, 1.54) is 5.56 Å². The van der Waals surface area contributed by atoms with Crippen molar-refractivity contribution in [3.63, 3.8) is 0 Å². The van der Waals surface area contributed by atoms with Crippen LogP contribution in [0.2, 0.25) is 0 Å². The van der Waals surface area contributed by atoms with Gasteiger partial charge >= 0.3 is 0 Å². The minimum absolute atomic E-state index is 0.172. The highest BCUT2D eigenvalue weighted by Crippen LogP contribution is 2.17. The number of likely N-dealkylation sites (N-methyl/N-ethyl adjacent to an activating group) is 1. The Labute approximate surface area is 109 Å². The Bertz CT molecular complexity index is 420. The van der Waals surface area contributed by atoms with E-state index in [0.29, 0.717) is 5.92 Å². The molecule has 1 aliphatic heterocycles. The van der Waals surface area contributed by atoms with Crippen LogP contribution >= 0.6 is 0 Å². The van der Waals surface area contributed by atoms with Crippen LogP contribution in [0.15, 0.2) is 24.3 Å². The third-order valence-corrected chi connectivity index (χ3v) is 3.59. The fourth-order valence-electron chi connectivity index (χ4n) is 2.22. The molecule has 1 aromatic carbocycles. The van der Waals surface area contributed by atoms with Gasteiger partial charge in [0.15, 0.2) is 0 Å². The maximum absolute atomic E-state index is 12.4. The summed E-state index contributed by atoms with van der Waals surface area (Å²) in [6.45, 7) is 7.91. The molecule has 2 rings (SSSR count). The fraction of sp³-hybridized carbons (Fsp3) is 0.533. The van der Waals surface area contributed by atoms with Gasteiger partial charge in [-0.3, -0.25) is 4.79 Å². The first-order chi connectivity index (χ1) is 8.58. The number of carbonyl (C=O) groups is 1. The van der Waals surface area contributed by atoms with E-state index < -0.39 is 0 Å². The molecule has 0 unspecified atom stereocenters. The van der Waals surface area contributed by atoms with Gasteiger partial charge in [0.2, 0.25) is 0 Å². The maximum atomic E-state index is 12.4. The fourth-order valence-corrected chi connectivity index (χ4v) is 2.22. The average molecular weight is 246 g/mol. The van der Waals surface area contributed by atoms with Crippen molar-refractivity contribution in [2.75, 3.05) is 33.2 Å². The summed E-state index contributed by atoms with van der Waals surface area (Å²) in [4.78, 5) is 16.6. The zero-order valence-corrected chi connectivity index (χ0v) is 11.5. The molecule has 1 heterocycles. The predicted octanol–water partition coefficient (Wildman–Crippen LogP) is 2.20. The van der Waals surface area contributed by atoms with Gasteiger partial charge in [-0.1, -0.05) is 26.0 Å². The molecule has 1 saturated heterocycles. The van der Waals surface area contributed by atoms with Crippen molar-refractivity contribution in [3.8, 4) is 0 Å². The van der Waals surface area contributed by atoms with E-state index >= 15 is 0 Å². The van der Waals surface area contributed by atoms with Crippen LogP contribution in [0.3, 0.4) is 0 Å². The van der Waals surface area contributed by atoms with Crippen molar-refractivity contribution < 1.29 is 4.79 Å². The van der Waals surface area contributed by atoms with Crippen molar-refractivity contribution in [1.29, 1.82) is 0 Å². The highest BCUT2D eigenvalue weighted by Gasteiger charge is 2.20. The third-order valence-electron chi connectivity index (χ3n) is 3.59. The monoisotopic (exact) mass is 246 g/mol. The second-order valence-electron chi connectivity index (χ2n) is 5.38. The number of hydrogen-bond acceptors (Lipinski definition) is 2. The topological polar surface area (TPSA) is 23.6 Å². The number of carbonyl (C=O) groups excluding carboxylic acids is 1. The second-order valence-corrected chi connectivity index (χ2v) is 5.38. The lowest BCUT2D eigenvalue weighted by Crippen LogP contribution is -2.47. The van der Waals surface area contributed by atoms with Gasteiger partial charge < -0.3 is 9.80 Å². The molecule has 3 heteroatoms. The minimum Gasteiger partial charge on any atom is -0.336 e. The number of benzene rings is 1. The summed E-state index contributed by atoms with van der Waals surface area (Å²) < 4.78 is 0. The average Bonchev–Trinajstić information content (AvgIpc) is 2.39. The Hall–Kier alpha value is -1.35. The van der Waals surface area contributed by atoms with Crippen LogP contribution in [0.25, 0.3) is 0 Å². The minimum atomic E-state index is 0.172. The summed E-state index contributed by atoms with van der Waals surface area (Å²) >= 11 is 0. The van der Waals surface area contributed by atoms with Crippen LogP contribution in [-0.4, -0.2) is 48.9 Å². The maximum Gasteiger partial charge on any atom is 0.253 e. The molecular formula is C15H22N2O. The molecule has 0 bridgehead atoms. The van der Waals surface area contributed by atoms with Gasteiger partial charge in [0, 0.05) is 31.7 Å². The lowest BCUT2D eigenvalue weighted by atomic mass is 10.0. The van der Waals surface area contributed by atoms with Crippen molar-refractivity contribution in [2.24, 2.45) is 0 Å². The van der Waals surface area contributed by atoms with Crippen molar-refractivity contribution in [2.45, 2.75) is 19.8 Å². The molecule has 3 nitrogen and oxygen atoms in total. The Morgan fingerprint density at radius 1 is 1.17 bits per heavy atom. The number of amides is 1. The van der Waals surface area contributed by atoms with Gasteiger partial charge in [0.25, 0.3) is 5.91 Å². The van der Waals surface area contributed by atoms with E-state index in [1.807, 2.05) is 23.1 Å². The lowest BCUT2D eigenvalue weighted by Gasteiger charge is -2.32. The predicted molar refractivity (Wildman–Crippen MR) is 73.9 cm³/mol. The molecule has 0 spiro atoms. The number of piperazine rings is 1. The van der Waals surface area contributed by atoms with E-state index in [-0.39, 0.29) is 5.91 Å². The molecule has 0 aromatic heterocycles. The standard InChI is InChI=1S/C15H22N2O/c1-12(2)13-5-4-6-14(11-13)15(18)17-9-7-16(3)8-10-17/h4-6,11-12H,7-10H2,1-3H3. The number of hydrogen-bond donors (Lipinski definition) is 0. The molecule has 0 aliphatic carbocycles. The van der Waals surface area contributed by atoms with E-state index in [0.717, 1.165) is 31.7 Å². The molecule has 1 fully saturated rings. The zero-order valence-electron chi connectivity index (χ0n) is 11.5. The SMILES string of the molecule is CC(C)c1cccc(C(=O)N2CCN(C)CC2)c1. The summed E-state index contributed by atoms with van der Waals surface area (Å²) in [5.74, 6) is 0.635. The van der Waals surface area contributed by atoms with Crippen LogP contribution in [0.4, 0.5) is 0 Å². The van der Waals surface area contributed by atoms with Gasteiger partial charge in [-0.15, -0.1) is 0 Å². The number of rotatable bonds is 2. The summed E-state index contributed by atoms with van der Waals surface area (Å²) in [5, 5.41) is 0. The van der Waals surface area contributed by atoms with Crippen LogP contribution < -0.4 is 0 Å².